The zero-order chi connectivity index (χ0) is 13.1. The van der Waals surface area contributed by atoms with Crippen LogP contribution in [0.15, 0.2) is 42.5 Å². The lowest BCUT2D eigenvalue weighted by Crippen LogP contribution is -2.05. The summed E-state index contributed by atoms with van der Waals surface area (Å²) in [5.41, 5.74) is 0.633. The number of rotatable bonds is 3. The molecule has 2 aromatic carbocycles. The van der Waals surface area contributed by atoms with Crippen molar-refractivity contribution < 1.29 is 14.2 Å². The highest BCUT2D eigenvalue weighted by Gasteiger charge is 2.19. The molecule has 0 amide bonds. The van der Waals surface area contributed by atoms with Crippen LogP contribution in [0.3, 0.4) is 0 Å². The molecule has 18 heavy (non-hydrogen) atoms. The van der Waals surface area contributed by atoms with E-state index < -0.39 is 11.9 Å². The van der Waals surface area contributed by atoms with Crippen LogP contribution in [0, 0.1) is 5.82 Å². The van der Waals surface area contributed by atoms with E-state index in [0.717, 1.165) is 0 Å². The first-order valence-electron chi connectivity index (χ1n) is 5.39. The van der Waals surface area contributed by atoms with Crippen LogP contribution in [0.2, 0.25) is 5.02 Å². The average molecular weight is 267 g/mol. The lowest BCUT2D eigenvalue weighted by Gasteiger charge is -2.16. The quantitative estimate of drug-likeness (QED) is 0.920. The molecule has 2 aromatic rings. The molecule has 0 radical (unpaired) electrons. The van der Waals surface area contributed by atoms with E-state index in [1.54, 1.807) is 30.3 Å². The largest absolute Gasteiger partial charge is 0.496 e. The number of aliphatic hydroxyl groups is 1. The van der Waals surface area contributed by atoms with Gasteiger partial charge < -0.3 is 9.84 Å². The summed E-state index contributed by atoms with van der Waals surface area (Å²) in [4.78, 5) is 0. The topological polar surface area (TPSA) is 29.5 Å². The van der Waals surface area contributed by atoms with Gasteiger partial charge in [0.2, 0.25) is 0 Å². The Balaban J connectivity index is 2.48. The number of halogens is 2. The fraction of sp³-hybridized carbons (Fsp3) is 0.143. The molecule has 1 N–H and O–H groups in total. The number of ether oxygens (including phenoxy) is 1. The molecular weight excluding hydrogens is 255 g/mol. The van der Waals surface area contributed by atoms with E-state index in [9.17, 15) is 9.50 Å². The van der Waals surface area contributed by atoms with Crippen LogP contribution in [0.1, 0.15) is 17.2 Å². The molecule has 0 aliphatic carbocycles. The Morgan fingerprint density at radius 1 is 1.22 bits per heavy atom. The Labute approximate surface area is 110 Å². The van der Waals surface area contributed by atoms with Gasteiger partial charge in [0.15, 0.2) is 0 Å². The molecule has 0 aromatic heterocycles. The highest BCUT2D eigenvalue weighted by Crippen LogP contribution is 2.32. The first kappa shape index (κ1) is 12.9. The first-order chi connectivity index (χ1) is 8.63. The molecule has 0 fully saturated rings. The summed E-state index contributed by atoms with van der Waals surface area (Å²) in [5, 5.41) is 10.7. The summed E-state index contributed by atoms with van der Waals surface area (Å²) < 4.78 is 18.9. The molecule has 2 rings (SSSR count). The Hall–Kier alpha value is -1.58. The third-order valence-corrected chi connectivity index (χ3v) is 2.91. The molecular formula is C14H12ClFO2. The molecule has 1 atom stereocenters. The molecule has 4 heteroatoms. The van der Waals surface area contributed by atoms with Crippen molar-refractivity contribution in [3.8, 4) is 5.75 Å². The molecule has 0 bridgehead atoms. The minimum Gasteiger partial charge on any atom is -0.496 e. The third kappa shape index (κ3) is 2.47. The summed E-state index contributed by atoms with van der Waals surface area (Å²) in [5.74, 6) is -0.204. The number of benzene rings is 2. The summed E-state index contributed by atoms with van der Waals surface area (Å²) >= 11 is 5.85. The van der Waals surface area contributed by atoms with E-state index in [2.05, 4.69) is 0 Å². The van der Waals surface area contributed by atoms with Gasteiger partial charge in [0.1, 0.15) is 17.7 Å². The maximum Gasteiger partial charge on any atom is 0.133 e. The molecule has 0 spiro atoms. The minimum absolute atomic E-state index is 0.113. The van der Waals surface area contributed by atoms with E-state index in [-0.39, 0.29) is 5.56 Å². The minimum atomic E-state index is -1.11. The Morgan fingerprint density at radius 2 is 1.94 bits per heavy atom. The van der Waals surface area contributed by atoms with Crippen LogP contribution in [0.25, 0.3) is 0 Å². The van der Waals surface area contributed by atoms with Gasteiger partial charge in [-0.2, -0.15) is 0 Å². The average Bonchev–Trinajstić information content (AvgIpc) is 2.37. The highest BCUT2D eigenvalue weighted by atomic mass is 35.5. The van der Waals surface area contributed by atoms with Crippen LogP contribution in [0.4, 0.5) is 4.39 Å². The van der Waals surface area contributed by atoms with E-state index in [4.69, 9.17) is 16.3 Å². The molecule has 0 aliphatic heterocycles. The second kappa shape index (κ2) is 5.38. The first-order valence-corrected chi connectivity index (χ1v) is 5.77. The lowest BCUT2D eigenvalue weighted by atomic mass is 10.00. The summed E-state index contributed by atoms with van der Waals surface area (Å²) in [6.07, 6.45) is -1.11. The molecule has 0 heterocycles. The molecule has 0 saturated carbocycles. The maximum atomic E-state index is 13.8. The number of hydrogen-bond donors (Lipinski definition) is 1. The molecule has 94 valence electrons. The predicted molar refractivity (Wildman–Crippen MR) is 68.5 cm³/mol. The van der Waals surface area contributed by atoms with Crippen LogP contribution in [0.5, 0.6) is 5.75 Å². The van der Waals surface area contributed by atoms with Crippen LogP contribution < -0.4 is 4.74 Å². The van der Waals surface area contributed by atoms with Crippen LogP contribution >= 0.6 is 11.6 Å². The van der Waals surface area contributed by atoms with Gasteiger partial charge in [0.25, 0.3) is 0 Å². The van der Waals surface area contributed by atoms with E-state index >= 15 is 0 Å². The normalized spacial score (nSPS) is 12.2. The second-order valence-corrected chi connectivity index (χ2v) is 4.25. The number of hydrogen-bond acceptors (Lipinski definition) is 2. The van der Waals surface area contributed by atoms with E-state index in [1.807, 2.05) is 0 Å². The Bertz CT molecular complexity index is 557. The van der Waals surface area contributed by atoms with Crippen molar-refractivity contribution in [3.63, 3.8) is 0 Å². The number of aliphatic hydroxyl groups excluding tert-OH is 1. The van der Waals surface area contributed by atoms with Crippen molar-refractivity contribution >= 4 is 11.6 Å². The van der Waals surface area contributed by atoms with Gasteiger partial charge in [-0.05, 0) is 29.8 Å². The van der Waals surface area contributed by atoms with Gasteiger partial charge in [0, 0.05) is 5.02 Å². The predicted octanol–water partition coefficient (Wildman–Crippen LogP) is 3.57. The van der Waals surface area contributed by atoms with Gasteiger partial charge in [-0.3, -0.25) is 0 Å². The third-order valence-electron chi connectivity index (χ3n) is 2.67. The fourth-order valence-corrected chi connectivity index (χ4v) is 2.00. The lowest BCUT2D eigenvalue weighted by molar-refractivity contribution is 0.209. The Morgan fingerprint density at radius 3 is 2.61 bits per heavy atom. The van der Waals surface area contributed by atoms with Gasteiger partial charge in [-0.1, -0.05) is 29.8 Å². The standard InChI is InChI=1S/C14H12ClFO2/c1-18-12-7-3-6-11(16)13(12)14(17)9-4-2-5-10(15)8-9/h2-8,14,17H,1H3. The van der Waals surface area contributed by atoms with E-state index in [0.29, 0.717) is 16.3 Å². The summed E-state index contributed by atoms with van der Waals surface area (Å²) in [7, 11) is 1.43. The second-order valence-electron chi connectivity index (χ2n) is 3.81. The molecule has 0 saturated heterocycles. The summed E-state index contributed by atoms with van der Waals surface area (Å²) in [6, 6.07) is 11.1. The van der Waals surface area contributed by atoms with Crippen molar-refractivity contribution in [2.24, 2.45) is 0 Å². The zero-order valence-corrected chi connectivity index (χ0v) is 10.5. The molecule has 1 unspecified atom stereocenters. The van der Waals surface area contributed by atoms with Gasteiger partial charge in [-0.25, -0.2) is 4.39 Å². The SMILES string of the molecule is COc1cccc(F)c1C(O)c1cccc(Cl)c1. The summed E-state index contributed by atoms with van der Waals surface area (Å²) in [6.45, 7) is 0. The zero-order valence-electron chi connectivity index (χ0n) is 9.73. The maximum absolute atomic E-state index is 13.8. The van der Waals surface area contributed by atoms with Crippen molar-refractivity contribution in [3.05, 3.63) is 64.4 Å². The van der Waals surface area contributed by atoms with Crippen molar-refractivity contribution in [1.82, 2.24) is 0 Å². The number of methoxy groups -OCH3 is 1. The van der Waals surface area contributed by atoms with Crippen molar-refractivity contribution in [2.45, 2.75) is 6.10 Å². The van der Waals surface area contributed by atoms with Crippen molar-refractivity contribution in [2.75, 3.05) is 7.11 Å². The molecule has 0 aliphatic rings. The fourth-order valence-electron chi connectivity index (χ4n) is 1.80. The smallest absolute Gasteiger partial charge is 0.133 e. The van der Waals surface area contributed by atoms with Gasteiger partial charge in [-0.15, -0.1) is 0 Å². The highest BCUT2D eigenvalue weighted by molar-refractivity contribution is 6.30. The van der Waals surface area contributed by atoms with Crippen LogP contribution in [-0.4, -0.2) is 12.2 Å². The van der Waals surface area contributed by atoms with Crippen molar-refractivity contribution in [1.29, 1.82) is 0 Å². The van der Waals surface area contributed by atoms with Crippen LogP contribution in [-0.2, 0) is 0 Å². The molecule has 2 nitrogen and oxygen atoms in total. The Kier molecular flexibility index (Phi) is 3.84. The van der Waals surface area contributed by atoms with Gasteiger partial charge in [0.05, 0.1) is 12.7 Å². The van der Waals surface area contributed by atoms with Gasteiger partial charge >= 0.3 is 0 Å². The van der Waals surface area contributed by atoms with E-state index in [1.165, 1.54) is 19.2 Å². The monoisotopic (exact) mass is 266 g/mol.